The quantitative estimate of drug-likeness (QED) is 0.401. The number of thioether (sulfide) groups is 1. The topological polar surface area (TPSA) is 76.7 Å². The number of aryl methyl sites for hydroxylation is 2. The van der Waals surface area contributed by atoms with Crippen molar-refractivity contribution in [3.8, 4) is 5.75 Å². The zero-order chi connectivity index (χ0) is 19.6. The second-order valence-corrected chi connectivity index (χ2v) is 7.77. The normalized spacial score (nSPS) is 12.1. The molecule has 5 nitrogen and oxygen atoms in total. The van der Waals surface area contributed by atoms with Crippen molar-refractivity contribution in [3.05, 3.63) is 69.6 Å². The first-order valence-electron chi connectivity index (χ1n) is 8.50. The van der Waals surface area contributed by atoms with Gasteiger partial charge < -0.3 is 14.3 Å². The molecule has 0 aliphatic carbocycles. The number of benzene rings is 2. The predicted octanol–water partition coefficient (Wildman–Crippen LogP) is 4.34. The van der Waals surface area contributed by atoms with Gasteiger partial charge in [-0.2, -0.15) is 0 Å². The second kappa shape index (κ2) is 7.88. The molecule has 0 saturated carbocycles. The molecule has 0 aliphatic rings. The molecule has 0 saturated heterocycles. The number of phenolic OH excluding ortho intramolecular Hbond substituents is 1. The number of phenols is 1. The second-order valence-electron chi connectivity index (χ2n) is 6.36. The number of ether oxygens (including phenoxy) is 1. The van der Waals surface area contributed by atoms with Crippen LogP contribution in [0.3, 0.4) is 0 Å². The van der Waals surface area contributed by atoms with Crippen molar-refractivity contribution in [2.24, 2.45) is 0 Å². The van der Waals surface area contributed by atoms with Gasteiger partial charge >= 0.3 is 11.6 Å². The van der Waals surface area contributed by atoms with Crippen LogP contribution >= 0.6 is 11.8 Å². The molecule has 0 radical (unpaired) electrons. The van der Waals surface area contributed by atoms with Gasteiger partial charge in [-0.05, 0) is 45.0 Å². The summed E-state index contributed by atoms with van der Waals surface area (Å²) in [6.07, 6.45) is 0. The minimum absolute atomic E-state index is 0.0378. The van der Waals surface area contributed by atoms with E-state index in [0.717, 1.165) is 10.5 Å². The highest BCUT2D eigenvalue weighted by atomic mass is 32.2. The van der Waals surface area contributed by atoms with E-state index in [-0.39, 0.29) is 23.6 Å². The molecule has 0 amide bonds. The molecule has 27 heavy (non-hydrogen) atoms. The Morgan fingerprint density at radius 1 is 1.19 bits per heavy atom. The number of hydrogen-bond acceptors (Lipinski definition) is 6. The lowest BCUT2D eigenvalue weighted by molar-refractivity contribution is -0.143. The van der Waals surface area contributed by atoms with E-state index in [1.807, 2.05) is 31.2 Å². The summed E-state index contributed by atoms with van der Waals surface area (Å²) in [4.78, 5) is 25.2. The molecule has 0 aliphatic heterocycles. The van der Waals surface area contributed by atoms with Gasteiger partial charge in [0.05, 0.1) is 0 Å². The lowest BCUT2D eigenvalue weighted by Crippen LogP contribution is -2.17. The smallest absolute Gasteiger partial charge is 0.336 e. The van der Waals surface area contributed by atoms with Crippen molar-refractivity contribution in [1.29, 1.82) is 0 Å². The van der Waals surface area contributed by atoms with E-state index in [9.17, 15) is 14.7 Å². The minimum atomic E-state index is -0.552. The highest BCUT2D eigenvalue weighted by Gasteiger charge is 2.18. The molecular formula is C21H20O5S. The number of rotatable bonds is 5. The fourth-order valence-electron chi connectivity index (χ4n) is 2.67. The van der Waals surface area contributed by atoms with Gasteiger partial charge in [-0.25, -0.2) is 4.79 Å². The molecule has 1 N–H and O–H groups in total. The summed E-state index contributed by atoms with van der Waals surface area (Å²) in [5, 5.41) is 10.0. The van der Waals surface area contributed by atoms with Gasteiger partial charge in [0.15, 0.2) is 0 Å². The molecular weight excluding hydrogens is 364 g/mol. The summed E-state index contributed by atoms with van der Waals surface area (Å²) >= 11 is 1.42. The summed E-state index contributed by atoms with van der Waals surface area (Å²) in [7, 11) is 0. The molecule has 1 heterocycles. The first kappa shape index (κ1) is 19.0. The van der Waals surface area contributed by atoms with Gasteiger partial charge in [0.25, 0.3) is 0 Å². The molecule has 0 unspecified atom stereocenters. The van der Waals surface area contributed by atoms with Crippen molar-refractivity contribution >= 4 is 28.7 Å². The molecule has 6 heteroatoms. The van der Waals surface area contributed by atoms with E-state index >= 15 is 0 Å². The number of aromatic hydroxyl groups is 1. The molecule has 1 aromatic heterocycles. The summed E-state index contributed by atoms with van der Waals surface area (Å²) < 4.78 is 10.6. The van der Waals surface area contributed by atoms with E-state index in [4.69, 9.17) is 9.15 Å². The van der Waals surface area contributed by atoms with Crippen LogP contribution < -0.4 is 5.63 Å². The summed E-state index contributed by atoms with van der Waals surface area (Å²) in [6, 6.07) is 12.4. The Morgan fingerprint density at radius 2 is 1.89 bits per heavy atom. The van der Waals surface area contributed by atoms with Crippen molar-refractivity contribution in [1.82, 2.24) is 0 Å². The highest BCUT2D eigenvalue weighted by Crippen LogP contribution is 2.28. The van der Waals surface area contributed by atoms with Gasteiger partial charge in [0.2, 0.25) is 0 Å². The van der Waals surface area contributed by atoms with Gasteiger partial charge in [0.1, 0.15) is 23.2 Å². The number of carbonyl (C=O) groups excluding carboxylic acids is 1. The maximum Gasteiger partial charge on any atom is 0.336 e. The van der Waals surface area contributed by atoms with E-state index in [1.54, 1.807) is 19.9 Å². The lowest BCUT2D eigenvalue weighted by atomic mass is 10.1. The average Bonchev–Trinajstić information content (AvgIpc) is 2.64. The molecule has 1 atom stereocenters. The maximum absolute atomic E-state index is 12.3. The Hall–Kier alpha value is -2.73. The molecule has 3 rings (SSSR count). The molecule has 0 spiro atoms. The van der Waals surface area contributed by atoms with E-state index < -0.39 is 5.63 Å². The fraction of sp³-hybridized carbons (Fsp3) is 0.238. The van der Waals surface area contributed by atoms with Crippen molar-refractivity contribution in [2.45, 2.75) is 37.5 Å². The number of carbonyl (C=O) groups is 1. The maximum atomic E-state index is 12.3. The standard InChI is InChI=1S/C21H20O5S/c1-12-4-6-16(7-5-12)27-14(3)21(24)25-11-15-10-19(23)26-20-13(2)18(22)9-8-17(15)20/h4-10,14,22H,11H2,1-3H3/t14-/m1/s1. The number of hydrogen-bond donors (Lipinski definition) is 1. The van der Waals surface area contributed by atoms with Crippen LogP contribution in [0, 0.1) is 13.8 Å². The summed E-state index contributed by atoms with van der Waals surface area (Å²) in [6.45, 7) is 5.42. The molecule has 3 aromatic rings. The Morgan fingerprint density at radius 3 is 2.59 bits per heavy atom. The predicted molar refractivity (Wildman–Crippen MR) is 105 cm³/mol. The van der Waals surface area contributed by atoms with Gasteiger partial charge in [-0.1, -0.05) is 17.7 Å². The molecule has 2 aromatic carbocycles. The Labute approximate surface area is 161 Å². The molecule has 0 bridgehead atoms. The van der Waals surface area contributed by atoms with Crippen LogP contribution in [0.15, 0.2) is 56.6 Å². The van der Waals surface area contributed by atoms with Crippen molar-refractivity contribution in [2.75, 3.05) is 0 Å². The average molecular weight is 384 g/mol. The van der Waals surface area contributed by atoms with Crippen LogP contribution in [0.4, 0.5) is 0 Å². The Bertz CT molecular complexity index is 1040. The molecule has 140 valence electrons. The lowest BCUT2D eigenvalue weighted by Gasteiger charge is -2.13. The third-order valence-corrected chi connectivity index (χ3v) is 5.34. The van der Waals surface area contributed by atoms with E-state index in [1.165, 1.54) is 23.9 Å². The summed E-state index contributed by atoms with van der Waals surface area (Å²) in [5.41, 5.74) is 1.93. The zero-order valence-corrected chi connectivity index (χ0v) is 16.1. The molecule has 0 fully saturated rings. The van der Waals surface area contributed by atoms with Gasteiger partial charge in [0, 0.05) is 27.5 Å². The van der Waals surface area contributed by atoms with Crippen molar-refractivity contribution in [3.63, 3.8) is 0 Å². The largest absolute Gasteiger partial charge is 0.508 e. The first-order valence-corrected chi connectivity index (χ1v) is 9.38. The van der Waals surface area contributed by atoms with Crippen LogP contribution in [0.25, 0.3) is 11.0 Å². The SMILES string of the molecule is Cc1ccc(S[C@H](C)C(=O)OCc2cc(=O)oc3c(C)c(O)ccc23)cc1. The van der Waals surface area contributed by atoms with Gasteiger partial charge in [-0.3, -0.25) is 4.79 Å². The number of esters is 1. The minimum Gasteiger partial charge on any atom is -0.508 e. The van der Waals surface area contributed by atoms with Crippen LogP contribution in [-0.2, 0) is 16.1 Å². The summed E-state index contributed by atoms with van der Waals surface area (Å²) in [5.74, 6) is -0.319. The van der Waals surface area contributed by atoms with Crippen LogP contribution in [0.2, 0.25) is 0 Å². The van der Waals surface area contributed by atoms with Gasteiger partial charge in [-0.15, -0.1) is 11.8 Å². The Balaban J connectivity index is 1.74. The van der Waals surface area contributed by atoms with E-state index in [0.29, 0.717) is 22.1 Å². The third-order valence-electron chi connectivity index (χ3n) is 4.25. The third kappa shape index (κ3) is 4.34. The highest BCUT2D eigenvalue weighted by molar-refractivity contribution is 8.00. The first-order chi connectivity index (χ1) is 12.8. The van der Waals surface area contributed by atoms with Crippen molar-refractivity contribution < 1.29 is 19.1 Å². The van der Waals surface area contributed by atoms with Crippen LogP contribution in [0.1, 0.15) is 23.6 Å². The monoisotopic (exact) mass is 384 g/mol. The zero-order valence-electron chi connectivity index (χ0n) is 15.3. The fourth-order valence-corrected chi connectivity index (χ4v) is 3.54. The van der Waals surface area contributed by atoms with Crippen LogP contribution in [-0.4, -0.2) is 16.3 Å². The number of fused-ring (bicyclic) bond motifs is 1. The Kier molecular flexibility index (Phi) is 5.56. The van der Waals surface area contributed by atoms with E-state index in [2.05, 4.69) is 0 Å². The van der Waals surface area contributed by atoms with Crippen LogP contribution in [0.5, 0.6) is 5.75 Å².